The number of hydrogen-bond donors (Lipinski definition) is 1. The van der Waals surface area contributed by atoms with Crippen LogP contribution in [-0.4, -0.2) is 21.7 Å². The molecule has 0 saturated heterocycles. The van der Waals surface area contributed by atoms with Crippen molar-refractivity contribution in [3.8, 4) is 11.3 Å². The van der Waals surface area contributed by atoms with Crippen molar-refractivity contribution in [2.75, 3.05) is 6.54 Å². The van der Waals surface area contributed by atoms with Gasteiger partial charge in [0.1, 0.15) is 6.33 Å². The Labute approximate surface area is 81.0 Å². The van der Waals surface area contributed by atoms with Crippen LogP contribution in [0.3, 0.4) is 0 Å². The highest BCUT2D eigenvalue weighted by molar-refractivity contribution is 5.58. The standard InChI is InChI=1S/C9H10N4O/c10-2-1-7-5-13-14-9(7)8-3-11-6-12-4-8/h3-6H,1-2,10H2. The summed E-state index contributed by atoms with van der Waals surface area (Å²) in [6, 6.07) is 0. The van der Waals surface area contributed by atoms with Crippen LogP contribution in [0.15, 0.2) is 29.4 Å². The van der Waals surface area contributed by atoms with Crippen molar-refractivity contribution in [3.05, 3.63) is 30.5 Å². The molecular weight excluding hydrogens is 180 g/mol. The Balaban J connectivity index is 2.37. The fraction of sp³-hybridized carbons (Fsp3) is 0.222. The van der Waals surface area contributed by atoms with Crippen LogP contribution in [0.4, 0.5) is 0 Å². The van der Waals surface area contributed by atoms with Gasteiger partial charge in [-0.15, -0.1) is 0 Å². The second-order valence-corrected chi connectivity index (χ2v) is 2.85. The maximum absolute atomic E-state index is 5.47. The molecule has 0 fully saturated rings. The molecule has 14 heavy (non-hydrogen) atoms. The molecule has 2 rings (SSSR count). The molecule has 0 atom stereocenters. The molecule has 72 valence electrons. The van der Waals surface area contributed by atoms with Gasteiger partial charge < -0.3 is 10.3 Å². The fourth-order valence-corrected chi connectivity index (χ4v) is 1.25. The molecule has 0 bridgehead atoms. The molecule has 0 unspecified atom stereocenters. The lowest BCUT2D eigenvalue weighted by molar-refractivity contribution is 0.431. The first-order valence-electron chi connectivity index (χ1n) is 4.31. The van der Waals surface area contributed by atoms with Gasteiger partial charge in [-0.3, -0.25) is 0 Å². The first kappa shape index (κ1) is 8.83. The molecule has 5 heteroatoms. The van der Waals surface area contributed by atoms with Gasteiger partial charge in [-0.2, -0.15) is 0 Å². The summed E-state index contributed by atoms with van der Waals surface area (Å²) in [5.74, 6) is 0.705. The summed E-state index contributed by atoms with van der Waals surface area (Å²) in [6.07, 6.45) is 7.27. The van der Waals surface area contributed by atoms with Gasteiger partial charge in [0.2, 0.25) is 0 Å². The van der Waals surface area contributed by atoms with Gasteiger partial charge >= 0.3 is 0 Å². The van der Waals surface area contributed by atoms with E-state index in [2.05, 4.69) is 15.1 Å². The Hall–Kier alpha value is -1.75. The summed E-state index contributed by atoms with van der Waals surface area (Å²) in [5, 5.41) is 3.73. The summed E-state index contributed by atoms with van der Waals surface area (Å²) in [4.78, 5) is 7.82. The van der Waals surface area contributed by atoms with Crippen LogP contribution in [0.5, 0.6) is 0 Å². The lowest BCUT2D eigenvalue weighted by Crippen LogP contribution is -2.02. The topological polar surface area (TPSA) is 77.8 Å². The molecule has 2 heterocycles. The van der Waals surface area contributed by atoms with E-state index in [0.29, 0.717) is 12.3 Å². The van der Waals surface area contributed by atoms with Crippen molar-refractivity contribution in [3.63, 3.8) is 0 Å². The average molecular weight is 190 g/mol. The monoisotopic (exact) mass is 190 g/mol. The third-order valence-corrected chi connectivity index (χ3v) is 1.88. The number of hydrogen-bond acceptors (Lipinski definition) is 5. The molecular formula is C9H10N4O. The van der Waals surface area contributed by atoms with E-state index in [0.717, 1.165) is 17.5 Å². The Kier molecular flexibility index (Phi) is 2.51. The Morgan fingerprint density at radius 3 is 2.71 bits per heavy atom. The zero-order chi connectivity index (χ0) is 9.80. The second-order valence-electron chi connectivity index (χ2n) is 2.85. The van der Waals surface area contributed by atoms with E-state index < -0.39 is 0 Å². The minimum Gasteiger partial charge on any atom is -0.356 e. The van der Waals surface area contributed by atoms with Crippen LogP contribution in [-0.2, 0) is 6.42 Å². The van der Waals surface area contributed by atoms with Gasteiger partial charge in [0, 0.05) is 18.0 Å². The molecule has 0 radical (unpaired) electrons. The second kappa shape index (κ2) is 3.97. The molecule has 0 aliphatic carbocycles. The molecule has 2 aromatic rings. The minimum atomic E-state index is 0.571. The van der Waals surface area contributed by atoms with E-state index in [1.165, 1.54) is 6.33 Å². The Morgan fingerprint density at radius 2 is 2.00 bits per heavy atom. The van der Waals surface area contributed by atoms with Gasteiger partial charge in [-0.25, -0.2) is 9.97 Å². The van der Waals surface area contributed by atoms with Crippen LogP contribution < -0.4 is 5.73 Å². The minimum absolute atomic E-state index is 0.571. The van der Waals surface area contributed by atoms with E-state index in [4.69, 9.17) is 10.3 Å². The Morgan fingerprint density at radius 1 is 1.21 bits per heavy atom. The summed E-state index contributed by atoms with van der Waals surface area (Å²) >= 11 is 0. The molecule has 0 spiro atoms. The maximum Gasteiger partial charge on any atom is 0.173 e. The molecule has 0 aromatic carbocycles. The third-order valence-electron chi connectivity index (χ3n) is 1.88. The quantitative estimate of drug-likeness (QED) is 0.768. The number of nitrogens with two attached hydrogens (primary N) is 1. The SMILES string of the molecule is NCCc1cnoc1-c1cncnc1. The predicted molar refractivity (Wildman–Crippen MR) is 50.3 cm³/mol. The largest absolute Gasteiger partial charge is 0.356 e. The lowest BCUT2D eigenvalue weighted by atomic mass is 10.1. The van der Waals surface area contributed by atoms with Gasteiger partial charge in [-0.1, -0.05) is 5.16 Å². The van der Waals surface area contributed by atoms with Crippen molar-refractivity contribution < 1.29 is 4.52 Å². The molecule has 5 nitrogen and oxygen atoms in total. The van der Waals surface area contributed by atoms with Crippen LogP contribution in [0.25, 0.3) is 11.3 Å². The summed E-state index contributed by atoms with van der Waals surface area (Å²) in [6.45, 7) is 0.571. The highest BCUT2D eigenvalue weighted by Gasteiger charge is 2.09. The third kappa shape index (κ3) is 1.62. The van der Waals surface area contributed by atoms with E-state index in [1.807, 2.05) is 0 Å². The Bertz CT molecular complexity index is 398. The van der Waals surface area contributed by atoms with Crippen LogP contribution in [0.1, 0.15) is 5.56 Å². The molecule has 0 saturated carbocycles. The highest BCUT2D eigenvalue weighted by atomic mass is 16.5. The number of aromatic nitrogens is 3. The highest BCUT2D eigenvalue weighted by Crippen LogP contribution is 2.21. The smallest absolute Gasteiger partial charge is 0.173 e. The van der Waals surface area contributed by atoms with E-state index in [9.17, 15) is 0 Å². The van der Waals surface area contributed by atoms with E-state index in [1.54, 1.807) is 18.6 Å². The summed E-state index contributed by atoms with van der Waals surface area (Å²) < 4.78 is 5.12. The predicted octanol–water partition coefficient (Wildman–Crippen LogP) is 0.633. The van der Waals surface area contributed by atoms with Gasteiger partial charge in [0.15, 0.2) is 5.76 Å². The zero-order valence-electron chi connectivity index (χ0n) is 7.55. The summed E-state index contributed by atoms with van der Waals surface area (Å²) in [5.41, 5.74) is 7.28. The van der Waals surface area contributed by atoms with Crippen LogP contribution >= 0.6 is 0 Å². The molecule has 0 aliphatic heterocycles. The van der Waals surface area contributed by atoms with Crippen molar-refractivity contribution in [2.45, 2.75) is 6.42 Å². The number of nitrogens with zero attached hydrogens (tertiary/aromatic N) is 3. The van der Waals surface area contributed by atoms with E-state index >= 15 is 0 Å². The van der Waals surface area contributed by atoms with Crippen molar-refractivity contribution in [1.82, 2.24) is 15.1 Å². The normalized spacial score (nSPS) is 10.4. The van der Waals surface area contributed by atoms with Gasteiger partial charge in [-0.05, 0) is 13.0 Å². The molecule has 0 aliphatic rings. The van der Waals surface area contributed by atoms with Crippen molar-refractivity contribution in [1.29, 1.82) is 0 Å². The molecule has 0 amide bonds. The lowest BCUT2D eigenvalue weighted by Gasteiger charge is -1.97. The number of rotatable bonds is 3. The molecule has 2 aromatic heterocycles. The van der Waals surface area contributed by atoms with Crippen LogP contribution in [0.2, 0.25) is 0 Å². The van der Waals surface area contributed by atoms with Gasteiger partial charge in [0.25, 0.3) is 0 Å². The first-order valence-corrected chi connectivity index (χ1v) is 4.31. The van der Waals surface area contributed by atoms with E-state index in [-0.39, 0.29) is 0 Å². The summed E-state index contributed by atoms with van der Waals surface area (Å²) in [7, 11) is 0. The molecule has 2 N–H and O–H groups in total. The maximum atomic E-state index is 5.47. The zero-order valence-corrected chi connectivity index (χ0v) is 7.55. The van der Waals surface area contributed by atoms with Crippen molar-refractivity contribution in [2.24, 2.45) is 5.73 Å². The first-order chi connectivity index (χ1) is 6.92. The fourth-order valence-electron chi connectivity index (χ4n) is 1.25. The van der Waals surface area contributed by atoms with Crippen molar-refractivity contribution >= 4 is 0 Å². The van der Waals surface area contributed by atoms with Gasteiger partial charge in [0.05, 0.1) is 11.8 Å². The average Bonchev–Trinajstić information content (AvgIpc) is 2.68. The van der Waals surface area contributed by atoms with Crippen LogP contribution in [0, 0.1) is 0 Å².